The molecule has 2 heterocycles. The van der Waals surface area contributed by atoms with Gasteiger partial charge in [-0.3, -0.25) is 4.79 Å². The molecule has 0 aliphatic carbocycles. The predicted octanol–water partition coefficient (Wildman–Crippen LogP) is 1.52. The van der Waals surface area contributed by atoms with E-state index in [9.17, 15) is 4.79 Å². The van der Waals surface area contributed by atoms with Crippen LogP contribution in [0.5, 0.6) is 0 Å². The van der Waals surface area contributed by atoms with Gasteiger partial charge in [0.05, 0.1) is 18.2 Å². The Hall–Kier alpha value is -2.08. The van der Waals surface area contributed by atoms with E-state index in [1.54, 1.807) is 4.90 Å². The molecule has 0 bridgehead atoms. The smallest absolute Gasteiger partial charge is 0.293 e. The van der Waals surface area contributed by atoms with Crippen molar-refractivity contribution < 1.29 is 9.53 Å². The highest BCUT2D eigenvalue weighted by molar-refractivity contribution is 5.92. The molecule has 110 valence electrons. The summed E-state index contributed by atoms with van der Waals surface area (Å²) in [6, 6.07) is 7.40. The number of ether oxygens (including phenoxy) is 1. The Bertz CT molecular complexity index is 659. The maximum atomic E-state index is 12.5. The Morgan fingerprint density at radius 1 is 1.29 bits per heavy atom. The number of para-hydroxylation sites is 1. The van der Waals surface area contributed by atoms with E-state index >= 15 is 0 Å². The zero-order chi connectivity index (χ0) is 14.8. The average Bonchev–Trinajstić information content (AvgIpc) is 2.53. The number of carbonyl (C=O) groups excluding carboxylic acids is 1. The van der Waals surface area contributed by atoms with Gasteiger partial charge >= 0.3 is 0 Å². The lowest BCUT2D eigenvalue weighted by atomic mass is 10.1. The number of morpholine rings is 1. The van der Waals surface area contributed by atoms with Crippen molar-refractivity contribution in [1.29, 1.82) is 0 Å². The first-order valence-electron chi connectivity index (χ1n) is 7.15. The van der Waals surface area contributed by atoms with Gasteiger partial charge in [0, 0.05) is 13.1 Å². The van der Waals surface area contributed by atoms with E-state index in [1.165, 1.54) is 0 Å². The van der Waals surface area contributed by atoms with Gasteiger partial charge in [0.1, 0.15) is 5.52 Å². The molecule has 0 spiro atoms. The van der Waals surface area contributed by atoms with Crippen LogP contribution in [0.25, 0.3) is 11.0 Å². The predicted molar refractivity (Wildman–Crippen MR) is 77.8 cm³/mol. The van der Waals surface area contributed by atoms with Gasteiger partial charge in [0.15, 0.2) is 0 Å². The second-order valence-electron chi connectivity index (χ2n) is 5.53. The number of rotatable bonds is 2. The molecular formula is C15H18N4O2. The monoisotopic (exact) mass is 286 g/mol. The van der Waals surface area contributed by atoms with Gasteiger partial charge in [-0.2, -0.15) is 0 Å². The van der Waals surface area contributed by atoms with Crippen molar-refractivity contribution in [1.82, 2.24) is 20.1 Å². The van der Waals surface area contributed by atoms with Crippen LogP contribution in [0.1, 0.15) is 24.5 Å². The van der Waals surface area contributed by atoms with Gasteiger partial charge in [-0.1, -0.05) is 26.0 Å². The van der Waals surface area contributed by atoms with Crippen LogP contribution in [0.3, 0.4) is 0 Å². The second-order valence-corrected chi connectivity index (χ2v) is 5.53. The second kappa shape index (κ2) is 5.73. The number of nitrogens with zero attached hydrogens (tertiary/aromatic N) is 4. The first kappa shape index (κ1) is 13.9. The highest BCUT2D eigenvalue weighted by Gasteiger charge is 2.28. The largest absolute Gasteiger partial charge is 0.374 e. The fourth-order valence-corrected chi connectivity index (χ4v) is 2.38. The molecule has 1 amide bonds. The van der Waals surface area contributed by atoms with Gasteiger partial charge in [-0.05, 0) is 18.1 Å². The number of carbonyl (C=O) groups is 1. The van der Waals surface area contributed by atoms with Crippen LogP contribution in [-0.4, -0.2) is 51.8 Å². The van der Waals surface area contributed by atoms with Crippen LogP contribution in [0, 0.1) is 5.92 Å². The molecule has 1 fully saturated rings. The van der Waals surface area contributed by atoms with Crippen LogP contribution in [0.2, 0.25) is 0 Å². The van der Waals surface area contributed by atoms with E-state index in [1.807, 2.05) is 24.3 Å². The molecule has 6 nitrogen and oxygen atoms in total. The van der Waals surface area contributed by atoms with Crippen LogP contribution in [0.15, 0.2) is 24.3 Å². The highest BCUT2D eigenvalue weighted by atomic mass is 16.5. The number of hydrogen-bond donors (Lipinski definition) is 0. The number of amides is 1. The van der Waals surface area contributed by atoms with E-state index in [0.717, 1.165) is 0 Å². The van der Waals surface area contributed by atoms with Crippen molar-refractivity contribution in [2.75, 3.05) is 19.7 Å². The van der Waals surface area contributed by atoms with Gasteiger partial charge in [-0.25, -0.2) is 4.98 Å². The summed E-state index contributed by atoms with van der Waals surface area (Å²) in [5, 5.41) is 8.02. The number of benzene rings is 1. The fourth-order valence-electron chi connectivity index (χ4n) is 2.38. The zero-order valence-electron chi connectivity index (χ0n) is 12.2. The van der Waals surface area contributed by atoms with E-state index in [0.29, 0.717) is 36.6 Å². The van der Waals surface area contributed by atoms with Crippen LogP contribution >= 0.6 is 0 Å². The third-order valence-electron chi connectivity index (χ3n) is 3.68. The number of hydrogen-bond acceptors (Lipinski definition) is 5. The lowest BCUT2D eigenvalue weighted by molar-refractivity contribution is -0.0424. The zero-order valence-corrected chi connectivity index (χ0v) is 12.2. The molecular weight excluding hydrogens is 268 g/mol. The molecule has 6 heteroatoms. The van der Waals surface area contributed by atoms with Crippen molar-refractivity contribution in [2.45, 2.75) is 20.0 Å². The summed E-state index contributed by atoms with van der Waals surface area (Å²) in [6.07, 6.45) is 0.0658. The first-order chi connectivity index (χ1) is 10.1. The summed E-state index contributed by atoms with van der Waals surface area (Å²) < 4.78 is 5.68. The summed E-state index contributed by atoms with van der Waals surface area (Å²) in [7, 11) is 0. The molecule has 1 aliphatic rings. The van der Waals surface area contributed by atoms with Crippen molar-refractivity contribution in [3.05, 3.63) is 30.1 Å². The lowest BCUT2D eigenvalue weighted by Crippen LogP contribution is -2.47. The molecule has 0 N–H and O–H groups in total. The molecule has 0 radical (unpaired) electrons. The summed E-state index contributed by atoms with van der Waals surface area (Å²) in [5.74, 6) is 0.344. The average molecular weight is 286 g/mol. The first-order valence-corrected chi connectivity index (χ1v) is 7.15. The minimum absolute atomic E-state index is 0.0658. The Morgan fingerprint density at radius 3 is 2.81 bits per heavy atom. The maximum Gasteiger partial charge on any atom is 0.293 e. The van der Waals surface area contributed by atoms with Crippen LogP contribution in [-0.2, 0) is 4.74 Å². The van der Waals surface area contributed by atoms with E-state index < -0.39 is 0 Å². The van der Waals surface area contributed by atoms with Crippen molar-refractivity contribution in [3.63, 3.8) is 0 Å². The Labute approximate surface area is 123 Å². The molecule has 1 unspecified atom stereocenters. The summed E-state index contributed by atoms with van der Waals surface area (Å²) in [5.41, 5.74) is 1.38. The molecule has 1 saturated heterocycles. The molecule has 1 aromatic carbocycles. The van der Waals surface area contributed by atoms with Gasteiger partial charge in [-0.15, -0.1) is 10.2 Å². The summed E-state index contributed by atoms with van der Waals surface area (Å²) in [6.45, 7) is 5.87. The topological polar surface area (TPSA) is 68.2 Å². The quantitative estimate of drug-likeness (QED) is 0.837. The SMILES string of the molecule is CC(C)C1CN(C(=O)c2nnc3ccccc3n2)CCO1. The molecule has 1 aromatic heterocycles. The maximum absolute atomic E-state index is 12.5. The van der Waals surface area contributed by atoms with Crippen LogP contribution in [0.4, 0.5) is 0 Å². The molecule has 3 rings (SSSR count). The Kier molecular flexibility index (Phi) is 3.79. The Morgan fingerprint density at radius 2 is 2.05 bits per heavy atom. The minimum atomic E-state index is -0.179. The highest BCUT2D eigenvalue weighted by Crippen LogP contribution is 2.15. The van der Waals surface area contributed by atoms with Crippen molar-refractivity contribution in [3.8, 4) is 0 Å². The summed E-state index contributed by atoms with van der Waals surface area (Å²) >= 11 is 0. The van der Waals surface area contributed by atoms with Crippen molar-refractivity contribution >= 4 is 16.9 Å². The van der Waals surface area contributed by atoms with Gasteiger partial charge in [0.25, 0.3) is 5.91 Å². The molecule has 2 aromatic rings. The third-order valence-corrected chi connectivity index (χ3v) is 3.68. The van der Waals surface area contributed by atoms with Gasteiger partial charge < -0.3 is 9.64 Å². The normalized spacial score (nSPS) is 19.2. The third kappa shape index (κ3) is 2.85. The molecule has 1 aliphatic heterocycles. The minimum Gasteiger partial charge on any atom is -0.374 e. The molecule has 0 saturated carbocycles. The lowest BCUT2D eigenvalue weighted by Gasteiger charge is -2.34. The number of fused-ring (bicyclic) bond motifs is 1. The van der Waals surface area contributed by atoms with E-state index in [-0.39, 0.29) is 17.8 Å². The van der Waals surface area contributed by atoms with Crippen molar-refractivity contribution in [2.24, 2.45) is 5.92 Å². The number of aromatic nitrogens is 3. The molecule has 21 heavy (non-hydrogen) atoms. The van der Waals surface area contributed by atoms with Gasteiger partial charge in [0.2, 0.25) is 5.82 Å². The Balaban J connectivity index is 1.82. The molecule has 1 atom stereocenters. The standard InChI is InChI=1S/C15H18N4O2/c1-10(2)13-9-19(7-8-21-13)15(20)14-16-11-5-3-4-6-12(11)17-18-14/h3-6,10,13H,7-9H2,1-2H3. The fraction of sp³-hybridized carbons (Fsp3) is 0.467. The van der Waals surface area contributed by atoms with E-state index in [4.69, 9.17) is 4.74 Å². The van der Waals surface area contributed by atoms with Crippen LogP contribution < -0.4 is 0 Å². The van der Waals surface area contributed by atoms with E-state index in [2.05, 4.69) is 29.0 Å². The summed E-state index contributed by atoms with van der Waals surface area (Å²) in [4.78, 5) is 18.6.